The van der Waals surface area contributed by atoms with Crippen molar-refractivity contribution in [3.8, 4) is 0 Å². The van der Waals surface area contributed by atoms with Crippen molar-refractivity contribution in [1.29, 1.82) is 0 Å². The molecular formula is C26H25ClF4N6S. The predicted molar refractivity (Wildman–Crippen MR) is 144 cm³/mol. The fourth-order valence-electron chi connectivity index (χ4n) is 4.17. The minimum atomic E-state index is -4.42. The van der Waals surface area contributed by atoms with Gasteiger partial charge < -0.3 is 10.6 Å². The van der Waals surface area contributed by atoms with E-state index in [9.17, 15) is 17.6 Å². The van der Waals surface area contributed by atoms with Crippen LogP contribution in [0, 0.1) is 33.5 Å². The van der Waals surface area contributed by atoms with Gasteiger partial charge in [0.2, 0.25) is 0 Å². The molecule has 0 amide bonds. The van der Waals surface area contributed by atoms with Crippen molar-refractivity contribution in [2.24, 2.45) is 0 Å². The summed E-state index contributed by atoms with van der Waals surface area (Å²) in [7, 11) is 0. The summed E-state index contributed by atoms with van der Waals surface area (Å²) in [5.41, 5.74) is 4.17. The van der Waals surface area contributed by atoms with Crippen molar-refractivity contribution < 1.29 is 17.6 Å². The highest BCUT2D eigenvalue weighted by molar-refractivity contribution is 7.80. The zero-order chi connectivity index (χ0) is 27.8. The molecule has 0 aliphatic heterocycles. The monoisotopic (exact) mass is 564 g/mol. The van der Waals surface area contributed by atoms with Gasteiger partial charge in [-0.05, 0) is 69.7 Å². The normalized spacial score (nSPS) is 11.6. The highest BCUT2D eigenvalue weighted by Gasteiger charge is 2.30. The molecule has 200 valence electrons. The molecule has 0 spiro atoms. The topological polar surface area (TPSA) is 59.7 Å². The number of thiocarbonyl (C=S) groups is 1. The summed E-state index contributed by atoms with van der Waals surface area (Å²) in [4.78, 5) is 0. The van der Waals surface area contributed by atoms with E-state index in [1.54, 1.807) is 41.4 Å². The molecule has 0 aliphatic carbocycles. The molecule has 0 atom stereocenters. The van der Waals surface area contributed by atoms with Crippen LogP contribution in [0.1, 0.15) is 39.5 Å². The number of halogens is 5. The van der Waals surface area contributed by atoms with Gasteiger partial charge in [0.1, 0.15) is 5.82 Å². The molecular weight excluding hydrogens is 540 g/mol. The number of aromatic nitrogens is 4. The SMILES string of the molecule is Cc1nn(Cc2cccc(C(F)(F)F)c2)c(C)c1NC(=S)Nc1c(C)nn(Cc2c(F)cccc2Cl)c1C. The molecule has 2 aromatic heterocycles. The second kappa shape index (κ2) is 10.7. The Kier molecular flexibility index (Phi) is 7.80. The van der Waals surface area contributed by atoms with Gasteiger partial charge in [-0.3, -0.25) is 9.36 Å². The van der Waals surface area contributed by atoms with Crippen LogP contribution < -0.4 is 10.6 Å². The van der Waals surface area contributed by atoms with E-state index in [1.165, 1.54) is 12.1 Å². The van der Waals surface area contributed by atoms with Gasteiger partial charge in [0.05, 0.1) is 52.8 Å². The zero-order valence-electron chi connectivity index (χ0n) is 21.0. The Labute approximate surface area is 227 Å². The van der Waals surface area contributed by atoms with Crippen LogP contribution in [-0.2, 0) is 19.3 Å². The van der Waals surface area contributed by atoms with Crippen molar-refractivity contribution in [3.63, 3.8) is 0 Å². The first-order valence-electron chi connectivity index (χ1n) is 11.6. The largest absolute Gasteiger partial charge is 0.416 e. The van der Waals surface area contributed by atoms with Gasteiger partial charge in [-0.25, -0.2) is 4.39 Å². The van der Waals surface area contributed by atoms with Crippen LogP contribution in [0.3, 0.4) is 0 Å². The summed E-state index contributed by atoms with van der Waals surface area (Å²) in [5.74, 6) is -0.412. The summed E-state index contributed by atoms with van der Waals surface area (Å²) in [6, 6.07) is 9.69. The average molecular weight is 565 g/mol. The maximum absolute atomic E-state index is 14.3. The zero-order valence-corrected chi connectivity index (χ0v) is 22.6. The van der Waals surface area contributed by atoms with Gasteiger partial charge in [-0.15, -0.1) is 0 Å². The molecule has 2 N–H and O–H groups in total. The van der Waals surface area contributed by atoms with Crippen LogP contribution in [0.25, 0.3) is 0 Å². The van der Waals surface area contributed by atoms with E-state index in [2.05, 4.69) is 20.8 Å². The van der Waals surface area contributed by atoms with Gasteiger partial charge in [-0.1, -0.05) is 29.8 Å². The van der Waals surface area contributed by atoms with Crippen molar-refractivity contribution in [1.82, 2.24) is 19.6 Å². The molecule has 2 heterocycles. The highest BCUT2D eigenvalue weighted by atomic mass is 35.5. The lowest BCUT2D eigenvalue weighted by Crippen LogP contribution is -2.21. The summed E-state index contributed by atoms with van der Waals surface area (Å²) in [6.45, 7) is 7.56. The lowest BCUT2D eigenvalue weighted by molar-refractivity contribution is -0.137. The van der Waals surface area contributed by atoms with Gasteiger partial charge in [0.25, 0.3) is 0 Å². The number of hydrogen-bond acceptors (Lipinski definition) is 3. The van der Waals surface area contributed by atoms with E-state index in [0.29, 0.717) is 44.6 Å². The Morgan fingerprint density at radius 2 is 1.45 bits per heavy atom. The van der Waals surface area contributed by atoms with Gasteiger partial charge in [-0.2, -0.15) is 23.4 Å². The first kappa shape index (κ1) is 27.6. The molecule has 38 heavy (non-hydrogen) atoms. The number of aryl methyl sites for hydroxylation is 2. The van der Waals surface area contributed by atoms with Gasteiger partial charge in [0, 0.05) is 10.6 Å². The van der Waals surface area contributed by atoms with Crippen molar-refractivity contribution in [3.05, 3.63) is 92.8 Å². The van der Waals surface area contributed by atoms with Crippen molar-refractivity contribution in [2.45, 2.75) is 47.0 Å². The maximum atomic E-state index is 14.3. The second-order valence-corrected chi connectivity index (χ2v) is 9.70. The molecule has 0 radical (unpaired) electrons. The molecule has 6 nitrogen and oxygen atoms in total. The van der Waals surface area contributed by atoms with E-state index < -0.39 is 17.6 Å². The van der Waals surface area contributed by atoms with Crippen LogP contribution in [-0.4, -0.2) is 24.7 Å². The highest BCUT2D eigenvalue weighted by Crippen LogP contribution is 2.30. The second-order valence-electron chi connectivity index (χ2n) is 8.88. The fraction of sp³-hybridized carbons (Fsp3) is 0.269. The first-order valence-corrected chi connectivity index (χ1v) is 12.4. The predicted octanol–water partition coefficient (Wildman–Crippen LogP) is 7.03. The van der Waals surface area contributed by atoms with Crippen LogP contribution in [0.4, 0.5) is 28.9 Å². The Bertz CT molecular complexity index is 1490. The Balaban J connectivity index is 1.50. The van der Waals surface area contributed by atoms with E-state index in [0.717, 1.165) is 17.8 Å². The third-order valence-electron chi connectivity index (χ3n) is 6.20. The molecule has 4 rings (SSSR count). The third-order valence-corrected chi connectivity index (χ3v) is 6.75. The van der Waals surface area contributed by atoms with Gasteiger partial charge >= 0.3 is 6.18 Å². The number of nitrogens with zero attached hydrogens (tertiary/aromatic N) is 4. The summed E-state index contributed by atoms with van der Waals surface area (Å²) >= 11 is 11.7. The molecule has 0 aliphatic rings. The third kappa shape index (κ3) is 5.83. The fourth-order valence-corrected chi connectivity index (χ4v) is 4.60. The molecule has 0 fully saturated rings. The molecule has 0 saturated heterocycles. The van der Waals surface area contributed by atoms with E-state index >= 15 is 0 Å². The lowest BCUT2D eigenvalue weighted by atomic mass is 10.1. The van der Waals surface area contributed by atoms with Crippen LogP contribution in [0.15, 0.2) is 42.5 Å². The minimum Gasteiger partial charge on any atom is -0.329 e. The molecule has 0 bridgehead atoms. The molecule has 4 aromatic rings. The Morgan fingerprint density at radius 1 is 0.895 bits per heavy atom. The Morgan fingerprint density at radius 3 is 2.00 bits per heavy atom. The quantitative estimate of drug-likeness (QED) is 0.194. The summed E-state index contributed by atoms with van der Waals surface area (Å²) < 4.78 is 56.9. The number of anilines is 2. The van der Waals surface area contributed by atoms with Gasteiger partial charge in [0.15, 0.2) is 5.11 Å². The standard InChI is InChI=1S/C26H25ClF4N6S/c1-14-23(16(3)36(34-14)12-18-7-5-8-19(11-18)26(29,30)31)32-25(38)33-24-15(2)35-37(17(24)4)13-20-21(27)9-6-10-22(20)28/h5-11H,12-13H2,1-4H3,(H2,32,33,38). The lowest BCUT2D eigenvalue weighted by Gasteiger charge is -2.13. The number of hydrogen-bond donors (Lipinski definition) is 2. The van der Waals surface area contributed by atoms with Crippen LogP contribution >= 0.6 is 23.8 Å². The minimum absolute atomic E-state index is 0.153. The van der Waals surface area contributed by atoms with Crippen LogP contribution in [0.5, 0.6) is 0 Å². The number of nitrogens with one attached hydrogen (secondary N) is 2. The molecule has 0 unspecified atom stereocenters. The Hall–Kier alpha value is -3.44. The number of alkyl halides is 3. The van der Waals surface area contributed by atoms with Crippen LogP contribution in [0.2, 0.25) is 5.02 Å². The number of rotatable bonds is 6. The van der Waals surface area contributed by atoms with Crippen molar-refractivity contribution in [2.75, 3.05) is 10.6 Å². The molecule has 0 saturated carbocycles. The molecule has 2 aromatic carbocycles. The van der Waals surface area contributed by atoms with E-state index in [-0.39, 0.29) is 18.2 Å². The van der Waals surface area contributed by atoms with Crippen molar-refractivity contribution >= 4 is 40.3 Å². The smallest absolute Gasteiger partial charge is 0.329 e. The summed E-state index contributed by atoms with van der Waals surface area (Å²) in [5, 5.41) is 15.9. The average Bonchev–Trinajstić information content (AvgIpc) is 3.25. The molecule has 12 heteroatoms. The van der Waals surface area contributed by atoms with E-state index in [4.69, 9.17) is 23.8 Å². The summed E-state index contributed by atoms with van der Waals surface area (Å²) in [6.07, 6.45) is -4.42. The van der Waals surface area contributed by atoms with E-state index in [1.807, 2.05) is 13.8 Å². The first-order chi connectivity index (χ1) is 17.8. The number of benzene rings is 2. The maximum Gasteiger partial charge on any atom is 0.416 e.